The lowest BCUT2D eigenvalue weighted by atomic mass is 10.2. The van der Waals surface area contributed by atoms with Crippen LogP contribution in [0.3, 0.4) is 0 Å². The largest absolute Gasteiger partial charge is 0.370 e. The lowest BCUT2D eigenvalue weighted by Crippen LogP contribution is -2.12. The predicted octanol–water partition coefficient (Wildman–Crippen LogP) is 3.07. The number of hydrogen-bond donors (Lipinski definition) is 0. The summed E-state index contributed by atoms with van der Waals surface area (Å²) in [6, 6.07) is 4.94. The quantitative estimate of drug-likeness (QED) is 0.843. The van der Waals surface area contributed by atoms with E-state index in [0.29, 0.717) is 21.4 Å². The van der Waals surface area contributed by atoms with Crippen LogP contribution in [0.2, 0.25) is 10.0 Å². The van der Waals surface area contributed by atoms with E-state index in [9.17, 15) is 8.78 Å². The maximum absolute atomic E-state index is 12.6. The number of aromatic nitrogens is 4. The van der Waals surface area contributed by atoms with Crippen molar-refractivity contribution in [3.05, 3.63) is 28.2 Å². The number of tetrazole rings is 1. The van der Waals surface area contributed by atoms with E-state index >= 15 is 0 Å². The van der Waals surface area contributed by atoms with E-state index in [4.69, 9.17) is 27.9 Å². The SMILES string of the molecule is FC1(F)CC1OCCn1nnc(-c2ccc(Cl)cc2Cl)n1. The van der Waals surface area contributed by atoms with E-state index in [1.165, 1.54) is 4.80 Å². The number of rotatable bonds is 5. The van der Waals surface area contributed by atoms with Gasteiger partial charge in [0.15, 0.2) is 0 Å². The summed E-state index contributed by atoms with van der Waals surface area (Å²) in [5.74, 6) is -2.34. The van der Waals surface area contributed by atoms with E-state index in [2.05, 4.69) is 15.4 Å². The summed E-state index contributed by atoms with van der Waals surface area (Å²) in [6.07, 6.45) is -1.20. The Bertz CT molecular complexity index is 664. The third-order valence-corrected chi connectivity index (χ3v) is 3.55. The van der Waals surface area contributed by atoms with Crippen molar-refractivity contribution in [2.24, 2.45) is 0 Å². The Morgan fingerprint density at radius 3 is 2.81 bits per heavy atom. The van der Waals surface area contributed by atoms with Gasteiger partial charge in [-0.3, -0.25) is 0 Å². The predicted molar refractivity (Wildman–Crippen MR) is 72.6 cm³/mol. The number of halogens is 4. The Kier molecular flexibility index (Phi) is 3.81. The molecule has 1 aliphatic rings. The smallest absolute Gasteiger partial charge is 0.276 e. The van der Waals surface area contributed by atoms with Gasteiger partial charge in [0, 0.05) is 17.0 Å². The van der Waals surface area contributed by atoms with E-state index in [1.54, 1.807) is 18.2 Å². The molecule has 0 saturated heterocycles. The van der Waals surface area contributed by atoms with Gasteiger partial charge in [-0.1, -0.05) is 23.2 Å². The van der Waals surface area contributed by atoms with E-state index < -0.39 is 12.0 Å². The molecule has 9 heteroatoms. The van der Waals surface area contributed by atoms with Crippen molar-refractivity contribution in [3.63, 3.8) is 0 Å². The molecule has 3 rings (SSSR count). The minimum atomic E-state index is -2.68. The lowest BCUT2D eigenvalue weighted by Gasteiger charge is -2.01. The van der Waals surface area contributed by atoms with Crippen molar-refractivity contribution in [2.75, 3.05) is 6.61 Å². The van der Waals surface area contributed by atoms with Gasteiger partial charge in [0.2, 0.25) is 5.82 Å². The molecule has 1 fully saturated rings. The molecule has 0 N–H and O–H groups in total. The summed E-state index contributed by atoms with van der Waals surface area (Å²) >= 11 is 11.9. The molecule has 112 valence electrons. The van der Waals surface area contributed by atoms with Gasteiger partial charge in [-0.15, -0.1) is 10.2 Å². The highest BCUT2D eigenvalue weighted by molar-refractivity contribution is 6.36. The monoisotopic (exact) mass is 334 g/mol. The maximum Gasteiger partial charge on any atom is 0.276 e. The highest BCUT2D eigenvalue weighted by atomic mass is 35.5. The number of benzene rings is 1. The molecule has 1 heterocycles. The van der Waals surface area contributed by atoms with Crippen LogP contribution in [0, 0.1) is 0 Å². The number of alkyl halides is 2. The van der Waals surface area contributed by atoms with Crippen LogP contribution in [0.4, 0.5) is 8.78 Å². The molecule has 0 spiro atoms. The minimum absolute atomic E-state index is 0.102. The first-order valence-electron chi connectivity index (χ1n) is 6.18. The maximum atomic E-state index is 12.6. The fourth-order valence-electron chi connectivity index (χ4n) is 1.76. The van der Waals surface area contributed by atoms with Crippen LogP contribution in [0.15, 0.2) is 18.2 Å². The zero-order valence-corrected chi connectivity index (χ0v) is 12.2. The summed E-state index contributed by atoms with van der Waals surface area (Å²) in [7, 11) is 0. The summed E-state index contributed by atoms with van der Waals surface area (Å²) < 4.78 is 30.3. The minimum Gasteiger partial charge on any atom is -0.370 e. The molecule has 1 saturated carbocycles. The molecule has 1 aromatic carbocycles. The topological polar surface area (TPSA) is 52.8 Å². The summed E-state index contributed by atoms with van der Waals surface area (Å²) in [6.45, 7) is 0.342. The van der Waals surface area contributed by atoms with Crippen LogP contribution < -0.4 is 0 Å². The summed E-state index contributed by atoms with van der Waals surface area (Å²) in [4.78, 5) is 1.28. The Labute approximate surface area is 128 Å². The van der Waals surface area contributed by atoms with Crippen molar-refractivity contribution in [3.8, 4) is 11.4 Å². The van der Waals surface area contributed by atoms with Gasteiger partial charge < -0.3 is 4.74 Å². The fourth-order valence-corrected chi connectivity index (χ4v) is 2.26. The van der Waals surface area contributed by atoms with Gasteiger partial charge in [-0.25, -0.2) is 8.78 Å². The van der Waals surface area contributed by atoms with Gasteiger partial charge in [-0.05, 0) is 23.4 Å². The zero-order chi connectivity index (χ0) is 15.0. The van der Waals surface area contributed by atoms with Gasteiger partial charge >= 0.3 is 0 Å². The zero-order valence-electron chi connectivity index (χ0n) is 10.6. The van der Waals surface area contributed by atoms with Crippen molar-refractivity contribution in [1.82, 2.24) is 20.2 Å². The Morgan fingerprint density at radius 2 is 2.14 bits per heavy atom. The van der Waals surface area contributed by atoms with E-state index in [1.807, 2.05) is 0 Å². The van der Waals surface area contributed by atoms with Gasteiger partial charge in [0.1, 0.15) is 6.10 Å². The standard InChI is InChI=1S/C12H10Cl2F2N4O/c13-7-1-2-8(9(14)5-7)11-17-19-20(18-11)3-4-21-10-6-12(10,15)16/h1-2,5,10H,3-4,6H2. The molecule has 21 heavy (non-hydrogen) atoms. The normalized spacial score (nSPS) is 19.7. The van der Waals surface area contributed by atoms with Gasteiger partial charge in [0.05, 0.1) is 18.2 Å². The Morgan fingerprint density at radius 1 is 1.38 bits per heavy atom. The molecule has 5 nitrogen and oxygen atoms in total. The van der Waals surface area contributed by atoms with Gasteiger partial charge in [-0.2, -0.15) is 4.80 Å². The van der Waals surface area contributed by atoms with Crippen molar-refractivity contribution in [1.29, 1.82) is 0 Å². The van der Waals surface area contributed by atoms with Crippen LogP contribution >= 0.6 is 23.2 Å². The molecule has 0 bridgehead atoms. The third kappa shape index (κ3) is 3.30. The average Bonchev–Trinajstić information content (AvgIpc) is 2.83. The molecule has 1 aliphatic carbocycles. The Balaban J connectivity index is 1.61. The van der Waals surface area contributed by atoms with Crippen LogP contribution in [0.1, 0.15) is 6.42 Å². The number of ether oxygens (including phenoxy) is 1. The molecule has 1 atom stereocenters. The fraction of sp³-hybridized carbons (Fsp3) is 0.417. The molecule has 1 aromatic heterocycles. The highest BCUT2D eigenvalue weighted by Gasteiger charge is 2.58. The van der Waals surface area contributed by atoms with Crippen LogP contribution in [-0.4, -0.2) is 38.8 Å². The van der Waals surface area contributed by atoms with Crippen molar-refractivity contribution in [2.45, 2.75) is 25.0 Å². The molecule has 2 aromatic rings. The van der Waals surface area contributed by atoms with E-state index in [0.717, 1.165) is 0 Å². The first-order chi connectivity index (χ1) is 9.95. The second-order valence-electron chi connectivity index (χ2n) is 4.66. The van der Waals surface area contributed by atoms with E-state index in [-0.39, 0.29) is 19.6 Å². The molecule has 0 radical (unpaired) electrons. The first-order valence-corrected chi connectivity index (χ1v) is 6.94. The summed E-state index contributed by atoms with van der Waals surface area (Å²) in [5, 5.41) is 12.7. The second kappa shape index (κ2) is 5.47. The number of nitrogens with zero attached hydrogens (tertiary/aromatic N) is 4. The molecule has 1 unspecified atom stereocenters. The van der Waals surface area contributed by atoms with Crippen molar-refractivity contribution < 1.29 is 13.5 Å². The Hall–Kier alpha value is -1.31. The lowest BCUT2D eigenvalue weighted by molar-refractivity contribution is 0.00904. The first kappa shape index (κ1) is 14.6. The third-order valence-electron chi connectivity index (χ3n) is 3.00. The summed E-state index contributed by atoms with van der Waals surface area (Å²) in [5.41, 5.74) is 0.599. The average molecular weight is 335 g/mol. The van der Waals surface area contributed by atoms with Crippen LogP contribution in [-0.2, 0) is 11.3 Å². The number of hydrogen-bond acceptors (Lipinski definition) is 4. The van der Waals surface area contributed by atoms with Crippen molar-refractivity contribution >= 4 is 23.2 Å². The molecule has 0 aliphatic heterocycles. The second-order valence-corrected chi connectivity index (χ2v) is 5.50. The molecular formula is C12H10Cl2F2N4O. The molecule has 0 amide bonds. The van der Waals surface area contributed by atoms with Gasteiger partial charge in [0.25, 0.3) is 5.92 Å². The van der Waals surface area contributed by atoms with Crippen LogP contribution in [0.5, 0.6) is 0 Å². The molecular weight excluding hydrogens is 325 g/mol. The highest BCUT2D eigenvalue weighted by Crippen LogP contribution is 2.44. The van der Waals surface area contributed by atoms with Crippen LogP contribution in [0.25, 0.3) is 11.4 Å².